The Morgan fingerprint density at radius 2 is 1.72 bits per heavy atom. The van der Waals surface area contributed by atoms with Crippen LogP contribution in [0.3, 0.4) is 0 Å². The number of aromatic nitrogens is 1. The molecule has 1 aromatic heterocycles. The lowest BCUT2D eigenvalue weighted by atomic mass is 9.95. The van der Waals surface area contributed by atoms with Crippen LogP contribution in [0.15, 0.2) is 57.5 Å². The Bertz CT molecular complexity index is 1690. The van der Waals surface area contributed by atoms with Crippen molar-refractivity contribution in [1.29, 1.82) is 0 Å². The minimum absolute atomic E-state index is 0.0372. The van der Waals surface area contributed by atoms with Crippen LogP contribution in [0, 0.1) is 0 Å². The zero-order valence-corrected chi connectivity index (χ0v) is 26.9. The molecule has 1 aliphatic heterocycles. The second-order valence-corrected chi connectivity index (χ2v) is 11.4. The molecule has 2 atom stereocenters. The van der Waals surface area contributed by atoms with Crippen molar-refractivity contribution >= 4 is 23.4 Å². The van der Waals surface area contributed by atoms with E-state index in [4.69, 9.17) is 23.7 Å². The van der Waals surface area contributed by atoms with Gasteiger partial charge < -0.3 is 23.7 Å². The monoisotopic (exact) mass is 608 g/mol. The van der Waals surface area contributed by atoms with E-state index < -0.39 is 12.0 Å². The van der Waals surface area contributed by atoms with E-state index in [1.54, 1.807) is 43.7 Å². The van der Waals surface area contributed by atoms with E-state index in [0.29, 0.717) is 55.8 Å². The van der Waals surface area contributed by atoms with Crippen molar-refractivity contribution in [2.45, 2.75) is 73.1 Å². The van der Waals surface area contributed by atoms with Crippen LogP contribution in [-0.4, -0.2) is 43.1 Å². The summed E-state index contributed by atoms with van der Waals surface area (Å²) >= 11 is 1.26. The lowest BCUT2D eigenvalue weighted by molar-refractivity contribution is -0.139. The highest BCUT2D eigenvalue weighted by molar-refractivity contribution is 7.07. The maximum absolute atomic E-state index is 14.1. The van der Waals surface area contributed by atoms with Crippen LogP contribution in [0.25, 0.3) is 6.08 Å². The summed E-state index contributed by atoms with van der Waals surface area (Å²) in [6, 6.07) is 10.3. The van der Waals surface area contributed by atoms with Crippen LogP contribution in [0.4, 0.5) is 0 Å². The molecule has 2 aromatic carbocycles. The molecule has 0 unspecified atom stereocenters. The van der Waals surface area contributed by atoms with Gasteiger partial charge in [0, 0.05) is 0 Å². The lowest BCUT2D eigenvalue weighted by Gasteiger charge is -2.25. The van der Waals surface area contributed by atoms with Crippen molar-refractivity contribution in [3.8, 4) is 23.0 Å². The predicted octanol–water partition coefficient (Wildman–Crippen LogP) is 5.17. The molecule has 0 saturated carbocycles. The molecule has 1 aliphatic rings. The van der Waals surface area contributed by atoms with E-state index in [1.807, 2.05) is 52.0 Å². The number of carbonyl (C=O) groups excluding carboxylic acids is 1. The first-order valence-electron chi connectivity index (χ1n) is 14.6. The number of carbonyl (C=O) groups is 1. The highest BCUT2D eigenvalue weighted by Gasteiger charge is 2.34. The van der Waals surface area contributed by atoms with E-state index in [0.717, 1.165) is 12.0 Å². The molecule has 0 aliphatic carbocycles. The second-order valence-electron chi connectivity index (χ2n) is 10.4. The molecule has 0 radical (unpaired) electrons. The molecule has 0 fully saturated rings. The molecule has 230 valence electrons. The van der Waals surface area contributed by atoms with Gasteiger partial charge in [-0.2, -0.15) is 0 Å². The lowest BCUT2D eigenvalue weighted by Crippen LogP contribution is -2.40. The third-order valence-corrected chi connectivity index (χ3v) is 7.83. The van der Waals surface area contributed by atoms with Gasteiger partial charge in [0.15, 0.2) is 27.8 Å². The minimum atomic E-state index is -0.773. The van der Waals surface area contributed by atoms with Gasteiger partial charge in [0.1, 0.15) is 0 Å². The molecule has 3 aromatic rings. The normalized spacial score (nSPS) is 15.6. The van der Waals surface area contributed by atoms with E-state index in [9.17, 15) is 9.59 Å². The van der Waals surface area contributed by atoms with E-state index >= 15 is 0 Å². The molecule has 0 bridgehead atoms. The maximum atomic E-state index is 14.1. The van der Waals surface area contributed by atoms with Gasteiger partial charge in [-0.3, -0.25) is 9.36 Å². The van der Waals surface area contributed by atoms with Crippen molar-refractivity contribution in [2.75, 3.05) is 20.3 Å². The average molecular weight is 609 g/mol. The molecule has 10 heteroatoms. The SMILES string of the molecule is CCOC(=O)C1=C(C)N=c2s/c(=C\c3ccc(O[C@@H](C)CC)c(OCC)c3)c(=O)n2[C@@H]1c1ccc(OC(C)C)c(OC)c1. The van der Waals surface area contributed by atoms with Gasteiger partial charge in [-0.05, 0) is 89.4 Å². The van der Waals surface area contributed by atoms with E-state index in [-0.39, 0.29) is 24.4 Å². The van der Waals surface area contributed by atoms with Gasteiger partial charge in [0.25, 0.3) is 5.56 Å². The number of fused-ring (bicyclic) bond motifs is 1. The zero-order chi connectivity index (χ0) is 31.3. The number of nitrogens with zero attached hydrogens (tertiary/aromatic N) is 2. The second kappa shape index (κ2) is 13.9. The number of hydrogen-bond acceptors (Lipinski definition) is 9. The fraction of sp³-hybridized carbons (Fsp3) is 0.424. The maximum Gasteiger partial charge on any atom is 0.338 e. The van der Waals surface area contributed by atoms with Gasteiger partial charge in [0.05, 0.1) is 54.4 Å². The van der Waals surface area contributed by atoms with Crippen LogP contribution in [-0.2, 0) is 9.53 Å². The Balaban J connectivity index is 1.88. The fourth-order valence-corrected chi connectivity index (χ4v) is 5.79. The van der Waals surface area contributed by atoms with Gasteiger partial charge in [-0.1, -0.05) is 30.4 Å². The van der Waals surface area contributed by atoms with Crippen LogP contribution < -0.4 is 33.8 Å². The summed E-state index contributed by atoms with van der Waals surface area (Å²) in [6.45, 7) is 14.0. The third-order valence-electron chi connectivity index (χ3n) is 6.85. The Kier molecular flexibility index (Phi) is 10.3. The van der Waals surface area contributed by atoms with Crippen LogP contribution >= 0.6 is 11.3 Å². The highest BCUT2D eigenvalue weighted by Crippen LogP contribution is 2.36. The molecule has 2 heterocycles. The molecule has 0 saturated heterocycles. The minimum Gasteiger partial charge on any atom is -0.493 e. The first-order valence-corrected chi connectivity index (χ1v) is 15.4. The number of ether oxygens (including phenoxy) is 5. The topological polar surface area (TPSA) is 97.6 Å². The molecule has 0 N–H and O–H groups in total. The Labute approximate surface area is 256 Å². The molecule has 43 heavy (non-hydrogen) atoms. The number of thiazole rings is 1. The zero-order valence-electron chi connectivity index (χ0n) is 26.1. The van der Waals surface area contributed by atoms with Gasteiger partial charge in [-0.25, -0.2) is 9.79 Å². The Morgan fingerprint density at radius 3 is 2.37 bits per heavy atom. The Morgan fingerprint density at radius 1 is 1.00 bits per heavy atom. The quantitative estimate of drug-likeness (QED) is 0.262. The number of methoxy groups -OCH3 is 1. The largest absolute Gasteiger partial charge is 0.493 e. The predicted molar refractivity (Wildman–Crippen MR) is 167 cm³/mol. The van der Waals surface area contributed by atoms with Crippen molar-refractivity contribution < 1.29 is 28.5 Å². The van der Waals surface area contributed by atoms with E-state index in [2.05, 4.69) is 11.9 Å². The number of hydrogen-bond donors (Lipinski definition) is 0. The average Bonchev–Trinajstić information content (AvgIpc) is 3.27. The third kappa shape index (κ3) is 6.96. The Hall–Kier alpha value is -4.05. The summed E-state index contributed by atoms with van der Waals surface area (Å²) in [5.74, 6) is 1.80. The van der Waals surface area contributed by atoms with Crippen molar-refractivity contribution in [1.82, 2.24) is 4.57 Å². The van der Waals surface area contributed by atoms with Crippen LogP contribution in [0.5, 0.6) is 23.0 Å². The molecular weight excluding hydrogens is 568 g/mol. The summed E-state index contributed by atoms with van der Waals surface area (Å²) in [6.07, 6.45) is 2.64. The number of esters is 1. The molecule has 9 nitrogen and oxygen atoms in total. The van der Waals surface area contributed by atoms with Crippen LogP contribution in [0.2, 0.25) is 0 Å². The van der Waals surface area contributed by atoms with Crippen molar-refractivity contribution in [3.63, 3.8) is 0 Å². The van der Waals surface area contributed by atoms with Crippen LogP contribution in [0.1, 0.15) is 72.1 Å². The standard InChI is InChI=1S/C33H40N2O7S/c1-9-20(6)42-25-14-12-22(16-27(25)39-10-2)17-28-31(36)35-30(23-13-15-24(41-19(4)5)26(18-23)38-8)29(32(37)40-11-3)21(7)34-33(35)43-28/h12-20,30H,9-11H2,1-8H3/b28-17-/t20-,30+/m0/s1. The smallest absolute Gasteiger partial charge is 0.338 e. The number of rotatable bonds is 12. The summed E-state index contributed by atoms with van der Waals surface area (Å²) in [5.41, 5.74) is 1.96. The molecule has 0 spiro atoms. The molecular formula is C33H40N2O7S. The highest BCUT2D eigenvalue weighted by atomic mass is 32.1. The van der Waals surface area contributed by atoms with Gasteiger partial charge in [0.2, 0.25) is 0 Å². The first kappa shape index (κ1) is 31.9. The van der Waals surface area contributed by atoms with Gasteiger partial charge >= 0.3 is 5.97 Å². The van der Waals surface area contributed by atoms with Crippen molar-refractivity contribution in [2.24, 2.45) is 4.99 Å². The van der Waals surface area contributed by atoms with Gasteiger partial charge in [-0.15, -0.1) is 0 Å². The molecule has 0 amide bonds. The fourth-order valence-electron chi connectivity index (χ4n) is 4.74. The number of benzene rings is 2. The number of allylic oxidation sites excluding steroid dienone is 1. The van der Waals surface area contributed by atoms with E-state index in [1.165, 1.54) is 11.3 Å². The summed E-state index contributed by atoms with van der Waals surface area (Å²) in [7, 11) is 1.56. The summed E-state index contributed by atoms with van der Waals surface area (Å²) in [4.78, 5) is 32.5. The molecule has 4 rings (SSSR count). The summed E-state index contributed by atoms with van der Waals surface area (Å²) < 4.78 is 30.9. The summed E-state index contributed by atoms with van der Waals surface area (Å²) in [5, 5.41) is 0. The van der Waals surface area contributed by atoms with Crippen molar-refractivity contribution in [3.05, 3.63) is 78.5 Å². The first-order chi connectivity index (χ1) is 20.6.